The minimum atomic E-state index is -1.08. The van der Waals surface area contributed by atoms with Gasteiger partial charge in [-0.05, 0) is 44.1 Å². The Morgan fingerprint density at radius 1 is 1.35 bits per heavy atom. The summed E-state index contributed by atoms with van der Waals surface area (Å²) in [6.45, 7) is 1.26. The van der Waals surface area contributed by atoms with Gasteiger partial charge < -0.3 is 5.32 Å². The van der Waals surface area contributed by atoms with Crippen molar-refractivity contribution in [3.63, 3.8) is 0 Å². The van der Waals surface area contributed by atoms with Crippen LogP contribution in [-0.4, -0.2) is 36.1 Å². The number of amides is 1. The van der Waals surface area contributed by atoms with E-state index in [1.807, 2.05) is 6.07 Å². The third-order valence-corrected chi connectivity index (χ3v) is 4.14. The molecule has 1 N–H and O–H groups in total. The lowest BCUT2D eigenvalue weighted by molar-refractivity contribution is -0.133. The maximum Gasteiger partial charge on any atom is 0.271 e. The number of hydrogen-bond donors (Lipinski definition) is 1. The van der Waals surface area contributed by atoms with Gasteiger partial charge in [-0.3, -0.25) is 19.6 Å². The van der Waals surface area contributed by atoms with E-state index in [1.165, 1.54) is 12.2 Å². The fourth-order valence-corrected chi connectivity index (χ4v) is 2.84. The summed E-state index contributed by atoms with van der Waals surface area (Å²) in [6.07, 6.45) is 4.15. The number of hydroxylamine groups is 1. The van der Waals surface area contributed by atoms with Gasteiger partial charge in [0.05, 0.1) is 18.7 Å². The van der Waals surface area contributed by atoms with Crippen molar-refractivity contribution in [2.24, 2.45) is 5.41 Å². The number of anilines is 1. The molecule has 1 fully saturated rings. The van der Waals surface area contributed by atoms with Crippen molar-refractivity contribution < 1.29 is 9.63 Å². The lowest BCUT2D eigenvalue weighted by atomic mass is 9.79. The highest BCUT2D eigenvalue weighted by Gasteiger charge is 2.44. The number of nitriles is 1. The van der Waals surface area contributed by atoms with E-state index in [4.69, 9.17) is 4.84 Å². The molecule has 0 spiro atoms. The van der Waals surface area contributed by atoms with Gasteiger partial charge in [0, 0.05) is 12.4 Å². The number of carbonyl (C=O) groups excluding carboxylic acids is 1. The number of aromatic nitrogens is 2. The minimum absolute atomic E-state index is 0.359. The van der Waals surface area contributed by atoms with Gasteiger partial charge in [-0.2, -0.15) is 10.3 Å². The summed E-state index contributed by atoms with van der Waals surface area (Å²) in [7, 11) is 1.42. The lowest BCUT2D eigenvalue weighted by Gasteiger charge is -2.33. The zero-order chi connectivity index (χ0) is 16.3. The third-order valence-electron chi connectivity index (χ3n) is 4.14. The maximum absolute atomic E-state index is 13.0. The monoisotopic (exact) mass is 311 g/mol. The molecule has 1 aliphatic rings. The van der Waals surface area contributed by atoms with Crippen LogP contribution in [0.5, 0.6) is 0 Å². The first-order valence-electron chi connectivity index (χ1n) is 7.42. The number of fused-ring (bicyclic) bond motifs is 1. The molecule has 0 radical (unpaired) electrons. The molecule has 0 bridgehead atoms. The first-order valence-corrected chi connectivity index (χ1v) is 7.42. The molecular weight excluding hydrogens is 294 g/mol. The predicted molar refractivity (Wildman–Crippen MR) is 84.2 cm³/mol. The normalized spacial score (nSPS) is 16.7. The number of carbonyl (C=O) groups is 1. The molecule has 0 aromatic carbocycles. The van der Waals surface area contributed by atoms with Gasteiger partial charge in [0.2, 0.25) is 0 Å². The van der Waals surface area contributed by atoms with Gasteiger partial charge in [0.1, 0.15) is 16.6 Å². The summed E-state index contributed by atoms with van der Waals surface area (Å²) in [5.74, 6) is -0.359. The van der Waals surface area contributed by atoms with E-state index in [2.05, 4.69) is 21.4 Å². The van der Waals surface area contributed by atoms with Crippen molar-refractivity contribution in [1.29, 1.82) is 5.26 Å². The average Bonchev–Trinajstić information content (AvgIpc) is 2.63. The highest BCUT2D eigenvalue weighted by Crippen LogP contribution is 2.34. The molecule has 0 aliphatic carbocycles. The average molecular weight is 311 g/mol. The Balaban J connectivity index is 2.05. The first-order chi connectivity index (χ1) is 11.2. The van der Waals surface area contributed by atoms with Crippen molar-refractivity contribution in [2.45, 2.75) is 12.8 Å². The van der Waals surface area contributed by atoms with Crippen molar-refractivity contribution in [3.8, 4) is 6.07 Å². The van der Waals surface area contributed by atoms with Gasteiger partial charge in [0.25, 0.3) is 5.91 Å². The van der Waals surface area contributed by atoms with Gasteiger partial charge in [-0.1, -0.05) is 0 Å². The van der Waals surface area contributed by atoms with E-state index in [0.717, 1.165) is 0 Å². The summed E-state index contributed by atoms with van der Waals surface area (Å²) in [5, 5.41) is 13.9. The standard InChI is InChI=1S/C16H17N5O2/c1-23-21(15(22)16(11-17)5-9-18-10-6-16)13-4-8-19-12-3-2-7-20-14(12)13/h2-4,7-8,18H,5-6,9-10H2,1H3. The molecule has 7 heteroatoms. The summed E-state index contributed by atoms with van der Waals surface area (Å²) in [4.78, 5) is 26.9. The Morgan fingerprint density at radius 2 is 2.13 bits per heavy atom. The minimum Gasteiger partial charge on any atom is -0.317 e. The Labute approximate surface area is 133 Å². The molecule has 0 atom stereocenters. The summed E-state index contributed by atoms with van der Waals surface area (Å²) >= 11 is 0. The Morgan fingerprint density at radius 3 is 2.83 bits per heavy atom. The molecule has 0 unspecified atom stereocenters. The quantitative estimate of drug-likeness (QED) is 0.862. The van der Waals surface area contributed by atoms with Crippen molar-refractivity contribution in [1.82, 2.24) is 15.3 Å². The van der Waals surface area contributed by atoms with Crippen LogP contribution in [0.1, 0.15) is 12.8 Å². The van der Waals surface area contributed by atoms with E-state index in [1.54, 1.807) is 24.5 Å². The number of pyridine rings is 2. The largest absolute Gasteiger partial charge is 0.317 e. The van der Waals surface area contributed by atoms with Gasteiger partial charge in [-0.15, -0.1) is 0 Å². The molecule has 0 saturated carbocycles. The molecule has 23 heavy (non-hydrogen) atoms. The second-order valence-corrected chi connectivity index (χ2v) is 5.43. The number of hydrogen-bond acceptors (Lipinski definition) is 6. The van der Waals surface area contributed by atoms with Crippen molar-refractivity contribution in [2.75, 3.05) is 25.3 Å². The van der Waals surface area contributed by atoms with E-state index < -0.39 is 5.41 Å². The van der Waals surface area contributed by atoms with Crippen LogP contribution in [-0.2, 0) is 9.63 Å². The van der Waals surface area contributed by atoms with Gasteiger partial charge >= 0.3 is 0 Å². The van der Waals surface area contributed by atoms with E-state index in [-0.39, 0.29) is 5.91 Å². The van der Waals surface area contributed by atoms with Gasteiger partial charge in [-0.25, -0.2) is 0 Å². The smallest absolute Gasteiger partial charge is 0.271 e. The second-order valence-electron chi connectivity index (χ2n) is 5.43. The predicted octanol–water partition coefficient (Wildman–Crippen LogP) is 1.42. The zero-order valence-corrected chi connectivity index (χ0v) is 12.8. The van der Waals surface area contributed by atoms with Crippen LogP contribution >= 0.6 is 0 Å². The SMILES string of the molecule is CON(C(=O)C1(C#N)CCNCC1)c1ccnc2cccnc12. The number of rotatable bonds is 3. The first kappa shape index (κ1) is 15.3. The van der Waals surface area contributed by atoms with E-state index in [9.17, 15) is 10.1 Å². The Kier molecular flexibility index (Phi) is 4.19. The van der Waals surface area contributed by atoms with Crippen LogP contribution in [0.4, 0.5) is 5.69 Å². The Hall–Kier alpha value is -2.56. The molecule has 1 saturated heterocycles. The summed E-state index contributed by atoms with van der Waals surface area (Å²) in [6, 6.07) is 7.47. The number of piperidine rings is 1. The summed E-state index contributed by atoms with van der Waals surface area (Å²) in [5.41, 5.74) is 0.644. The van der Waals surface area contributed by atoms with Gasteiger partial charge in [0.15, 0.2) is 0 Å². The lowest BCUT2D eigenvalue weighted by Crippen LogP contribution is -2.48. The maximum atomic E-state index is 13.0. The fraction of sp³-hybridized carbons (Fsp3) is 0.375. The van der Waals surface area contributed by atoms with Crippen molar-refractivity contribution in [3.05, 3.63) is 30.6 Å². The number of nitrogens with zero attached hydrogens (tertiary/aromatic N) is 4. The van der Waals surface area contributed by atoms with Crippen LogP contribution in [0.3, 0.4) is 0 Å². The number of nitrogens with one attached hydrogen (secondary N) is 1. The van der Waals surface area contributed by atoms with E-state index in [0.29, 0.717) is 42.7 Å². The topological polar surface area (TPSA) is 91.1 Å². The van der Waals surface area contributed by atoms with Crippen LogP contribution in [0, 0.1) is 16.7 Å². The fourth-order valence-electron chi connectivity index (χ4n) is 2.84. The molecule has 1 aliphatic heterocycles. The molecule has 3 rings (SSSR count). The highest BCUT2D eigenvalue weighted by molar-refractivity contribution is 6.03. The van der Waals surface area contributed by atoms with Crippen LogP contribution < -0.4 is 10.4 Å². The molecular formula is C16H17N5O2. The second kappa shape index (κ2) is 6.28. The summed E-state index contributed by atoms with van der Waals surface area (Å²) < 4.78 is 0. The third kappa shape index (κ3) is 2.63. The van der Waals surface area contributed by atoms with Crippen LogP contribution in [0.15, 0.2) is 30.6 Å². The Bertz CT molecular complexity index is 759. The highest BCUT2D eigenvalue weighted by atomic mass is 16.7. The zero-order valence-electron chi connectivity index (χ0n) is 12.8. The van der Waals surface area contributed by atoms with E-state index >= 15 is 0 Å². The van der Waals surface area contributed by atoms with Crippen LogP contribution in [0.2, 0.25) is 0 Å². The van der Waals surface area contributed by atoms with Crippen molar-refractivity contribution >= 4 is 22.6 Å². The van der Waals surface area contributed by atoms with Crippen LogP contribution in [0.25, 0.3) is 11.0 Å². The molecule has 7 nitrogen and oxygen atoms in total. The molecule has 118 valence electrons. The molecule has 3 heterocycles. The molecule has 2 aromatic heterocycles. The molecule has 2 aromatic rings. The molecule has 1 amide bonds.